The zero-order chi connectivity index (χ0) is 19.1. The predicted molar refractivity (Wildman–Crippen MR) is 112 cm³/mol. The molecule has 1 aromatic heterocycles. The number of H-pyrrole nitrogens is 1. The van der Waals surface area contributed by atoms with Gasteiger partial charge in [-0.25, -0.2) is 13.8 Å². The molecule has 0 radical (unpaired) electrons. The Balaban J connectivity index is 0.00000196. The molecular weight excluding hydrogens is 409 g/mol. The summed E-state index contributed by atoms with van der Waals surface area (Å²) in [5.74, 6) is -1.65. The number of nitrogens with zero attached hydrogens (tertiary/aromatic N) is 1. The number of halogens is 4. The van der Waals surface area contributed by atoms with E-state index in [1.165, 1.54) is 0 Å². The summed E-state index contributed by atoms with van der Waals surface area (Å²) >= 11 is 0. The highest BCUT2D eigenvalue weighted by atomic mass is 35.5. The molecule has 0 saturated heterocycles. The van der Waals surface area contributed by atoms with E-state index in [-0.39, 0.29) is 36.1 Å². The predicted octanol–water partition coefficient (Wildman–Crippen LogP) is 4.66. The van der Waals surface area contributed by atoms with Gasteiger partial charge in [0.05, 0.1) is 17.1 Å². The summed E-state index contributed by atoms with van der Waals surface area (Å²) in [5, 5.41) is 2.77. The van der Waals surface area contributed by atoms with E-state index in [9.17, 15) is 13.6 Å². The lowest BCUT2D eigenvalue weighted by molar-refractivity contribution is -0.119. The number of carbonyl (C=O) groups excluding carboxylic acids is 1. The lowest BCUT2D eigenvalue weighted by atomic mass is 9.87. The van der Waals surface area contributed by atoms with Gasteiger partial charge in [-0.05, 0) is 29.7 Å². The van der Waals surface area contributed by atoms with Gasteiger partial charge in [0.15, 0.2) is 11.6 Å². The summed E-state index contributed by atoms with van der Waals surface area (Å²) in [6, 6.07) is 8.43. The molecule has 4 N–H and O–H groups in total. The van der Waals surface area contributed by atoms with Crippen molar-refractivity contribution in [2.45, 2.75) is 26.8 Å². The number of anilines is 1. The Hall–Kier alpha value is -2.22. The van der Waals surface area contributed by atoms with Crippen LogP contribution in [0.2, 0.25) is 0 Å². The quantitative estimate of drug-likeness (QED) is 0.564. The number of carbonyl (C=O) groups is 1. The van der Waals surface area contributed by atoms with Gasteiger partial charge in [-0.15, -0.1) is 24.8 Å². The third-order valence-corrected chi connectivity index (χ3v) is 4.17. The van der Waals surface area contributed by atoms with Crippen molar-refractivity contribution < 1.29 is 13.6 Å². The van der Waals surface area contributed by atoms with Crippen molar-refractivity contribution in [3.63, 3.8) is 0 Å². The minimum Gasteiger partial charge on any atom is -0.338 e. The molecule has 28 heavy (non-hydrogen) atoms. The van der Waals surface area contributed by atoms with Gasteiger partial charge in [0, 0.05) is 23.4 Å². The van der Waals surface area contributed by atoms with Gasteiger partial charge in [-0.1, -0.05) is 20.8 Å². The average Bonchev–Trinajstić information content (AvgIpc) is 2.97. The molecule has 1 heterocycles. The van der Waals surface area contributed by atoms with Crippen LogP contribution in [0.15, 0.2) is 36.4 Å². The van der Waals surface area contributed by atoms with Gasteiger partial charge in [0.2, 0.25) is 5.91 Å². The third-order valence-electron chi connectivity index (χ3n) is 4.17. The Morgan fingerprint density at radius 1 is 1.11 bits per heavy atom. The van der Waals surface area contributed by atoms with Crippen LogP contribution >= 0.6 is 24.8 Å². The molecule has 5 nitrogen and oxygen atoms in total. The molecule has 152 valence electrons. The van der Waals surface area contributed by atoms with Crippen LogP contribution in [-0.4, -0.2) is 21.9 Å². The summed E-state index contributed by atoms with van der Waals surface area (Å²) < 4.78 is 26.6. The zero-order valence-corrected chi connectivity index (χ0v) is 17.2. The lowest BCUT2D eigenvalue weighted by Gasteiger charge is -2.25. The lowest BCUT2D eigenvalue weighted by Crippen LogP contribution is -2.45. The molecule has 3 rings (SSSR count). The topological polar surface area (TPSA) is 83.8 Å². The standard InChI is InChI=1S/C19H20F2N4O.2ClH/c1-19(2,3)16(22)18(26)23-11-6-4-10(5-7-11)17-24-14-8-12(20)13(21)9-15(14)25-17;;/h4-9,16H,22H2,1-3H3,(H,23,26)(H,24,25);2*1H/t16-;;/m1../s1. The second-order valence-corrected chi connectivity index (χ2v) is 7.28. The highest BCUT2D eigenvalue weighted by Gasteiger charge is 2.27. The Labute approximate surface area is 173 Å². The number of hydrogen-bond acceptors (Lipinski definition) is 3. The van der Waals surface area contributed by atoms with E-state index in [0.717, 1.165) is 17.7 Å². The number of aromatic nitrogens is 2. The molecule has 0 fully saturated rings. The number of rotatable bonds is 3. The van der Waals surface area contributed by atoms with Gasteiger partial charge < -0.3 is 16.0 Å². The first-order valence-electron chi connectivity index (χ1n) is 8.17. The monoisotopic (exact) mass is 430 g/mol. The van der Waals surface area contributed by atoms with Crippen LogP contribution < -0.4 is 11.1 Å². The van der Waals surface area contributed by atoms with Crippen LogP contribution in [0, 0.1) is 17.0 Å². The second kappa shape index (κ2) is 8.86. The van der Waals surface area contributed by atoms with E-state index in [2.05, 4.69) is 15.3 Å². The van der Waals surface area contributed by atoms with Gasteiger partial charge in [-0.2, -0.15) is 0 Å². The van der Waals surface area contributed by atoms with Crippen molar-refractivity contribution in [1.29, 1.82) is 0 Å². The highest BCUT2D eigenvalue weighted by molar-refractivity contribution is 5.95. The smallest absolute Gasteiger partial charge is 0.241 e. The second-order valence-electron chi connectivity index (χ2n) is 7.28. The molecule has 0 unspecified atom stereocenters. The van der Waals surface area contributed by atoms with Crippen molar-refractivity contribution in [3.05, 3.63) is 48.0 Å². The maximum absolute atomic E-state index is 13.3. The number of aromatic amines is 1. The third kappa shape index (κ3) is 4.98. The molecule has 0 aliphatic rings. The average molecular weight is 431 g/mol. The molecule has 3 aromatic rings. The molecular formula is C19H22Cl2F2N4O. The van der Waals surface area contributed by atoms with Crippen molar-refractivity contribution >= 4 is 47.4 Å². The molecule has 0 bridgehead atoms. The minimum atomic E-state index is -0.941. The molecule has 9 heteroatoms. The van der Waals surface area contributed by atoms with Crippen LogP contribution in [0.25, 0.3) is 22.4 Å². The van der Waals surface area contributed by atoms with Gasteiger partial charge in [-0.3, -0.25) is 4.79 Å². The number of nitrogens with one attached hydrogen (secondary N) is 2. The fraction of sp³-hybridized carbons (Fsp3) is 0.263. The first kappa shape index (κ1) is 23.8. The Morgan fingerprint density at radius 3 is 2.25 bits per heavy atom. The van der Waals surface area contributed by atoms with E-state index >= 15 is 0 Å². The van der Waals surface area contributed by atoms with Crippen molar-refractivity contribution in [2.75, 3.05) is 5.32 Å². The maximum atomic E-state index is 13.3. The first-order valence-corrected chi connectivity index (χ1v) is 8.17. The largest absolute Gasteiger partial charge is 0.338 e. The van der Waals surface area contributed by atoms with Crippen LogP contribution in [0.1, 0.15) is 20.8 Å². The summed E-state index contributed by atoms with van der Waals surface area (Å²) in [6.45, 7) is 5.69. The van der Waals surface area contributed by atoms with E-state index in [1.807, 2.05) is 20.8 Å². The number of amides is 1. The first-order chi connectivity index (χ1) is 12.1. The van der Waals surface area contributed by atoms with Gasteiger partial charge >= 0.3 is 0 Å². The fourth-order valence-corrected chi connectivity index (χ4v) is 2.47. The molecule has 2 aromatic carbocycles. The van der Waals surface area contributed by atoms with E-state index < -0.39 is 17.7 Å². The summed E-state index contributed by atoms with van der Waals surface area (Å²) in [6.07, 6.45) is 0. The number of benzene rings is 2. The number of imidazole rings is 1. The van der Waals surface area contributed by atoms with Crippen molar-refractivity contribution in [2.24, 2.45) is 11.1 Å². The summed E-state index contributed by atoms with van der Waals surface area (Å²) in [7, 11) is 0. The Morgan fingerprint density at radius 2 is 1.68 bits per heavy atom. The van der Waals surface area contributed by atoms with Crippen LogP contribution in [0.3, 0.4) is 0 Å². The van der Waals surface area contributed by atoms with Crippen molar-refractivity contribution in [3.8, 4) is 11.4 Å². The molecule has 1 amide bonds. The normalized spacial score (nSPS) is 12.1. The van der Waals surface area contributed by atoms with Gasteiger partial charge in [0.1, 0.15) is 5.82 Å². The number of nitrogens with two attached hydrogens (primary N) is 1. The summed E-state index contributed by atoms with van der Waals surface area (Å²) in [4.78, 5) is 19.4. The van der Waals surface area contributed by atoms with Crippen LogP contribution in [0.5, 0.6) is 0 Å². The highest BCUT2D eigenvalue weighted by Crippen LogP contribution is 2.24. The van der Waals surface area contributed by atoms with Crippen molar-refractivity contribution in [1.82, 2.24) is 9.97 Å². The van der Waals surface area contributed by atoms with E-state index in [4.69, 9.17) is 5.73 Å². The number of hydrogen-bond donors (Lipinski definition) is 3. The van der Waals surface area contributed by atoms with E-state index in [0.29, 0.717) is 22.5 Å². The van der Waals surface area contributed by atoms with E-state index in [1.54, 1.807) is 24.3 Å². The maximum Gasteiger partial charge on any atom is 0.241 e. The molecule has 0 aliphatic carbocycles. The molecule has 1 atom stereocenters. The Bertz CT molecular complexity index is 929. The molecule has 0 saturated carbocycles. The number of fused-ring (bicyclic) bond motifs is 1. The SMILES string of the molecule is CC(C)(C)[C@H](N)C(=O)Nc1ccc(-c2nc3cc(F)c(F)cc3[nH]2)cc1.Cl.Cl. The molecule has 0 aliphatic heterocycles. The van der Waals surface area contributed by atoms with Crippen LogP contribution in [-0.2, 0) is 4.79 Å². The summed E-state index contributed by atoms with van der Waals surface area (Å²) in [5.41, 5.74) is 7.67. The zero-order valence-electron chi connectivity index (χ0n) is 15.5. The van der Waals surface area contributed by atoms with Gasteiger partial charge in [0.25, 0.3) is 0 Å². The van der Waals surface area contributed by atoms with Crippen LogP contribution in [0.4, 0.5) is 14.5 Å². The molecule has 0 spiro atoms. The Kier molecular flexibility index (Phi) is 7.53. The fourth-order valence-electron chi connectivity index (χ4n) is 2.47. The minimum absolute atomic E-state index is 0.